The third-order valence-corrected chi connectivity index (χ3v) is 5.30. The molecule has 0 fully saturated rings. The van der Waals surface area contributed by atoms with Crippen LogP contribution in [0.15, 0.2) is 22.8 Å². The number of nitriles is 1. The van der Waals surface area contributed by atoms with Gasteiger partial charge in [0.15, 0.2) is 6.61 Å². The summed E-state index contributed by atoms with van der Waals surface area (Å²) in [6, 6.07) is 5.25. The van der Waals surface area contributed by atoms with E-state index in [1.54, 1.807) is 6.07 Å². The minimum absolute atomic E-state index is 0.0459. The zero-order valence-electron chi connectivity index (χ0n) is 13.7. The number of hydrogen-bond acceptors (Lipinski definition) is 6. The standard InChI is InChI=1S/C18H18N2O4S/c19-10-13-12-6-3-1-2-4-8-15(12)25-17(13)20-16(21)11-24-18(22)14-7-5-9-23-14/h5,7,9H,1-4,6,8,11H2,(H,20,21). The molecule has 1 aliphatic carbocycles. The summed E-state index contributed by atoms with van der Waals surface area (Å²) in [5, 5.41) is 12.7. The van der Waals surface area contributed by atoms with E-state index in [9.17, 15) is 14.9 Å². The average Bonchev–Trinajstić information content (AvgIpc) is 3.21. The summed E-state index contributed by atoms with van der Waals surface area (Å²) >= 11 is 1.46. The Morgan fingerprint density at radius 2 is 2.08 bits per heavy atom. The van der Waals surface area contributed by atoms with E-state index >= 15 is 0 Å². The fraction of sp³-hybridized carbons (Fsp3) is 0.389. The molecule has 0 saturated heterocycles. The molecular weight excluding hydrogens is 340 g/mol. The highest BCUT2D eigenvalue weighted by Crippen LogP contribution is 2.36. The lowest BCUT2D eigenvalue weighted by Crippen LogP contribution is -2.20. The lowest BCUT2D eigenvalue weighted by Gasteiger charge is -2.08. The number of aryl methyl sites for hydroxylation is 1. The number of carbonyl (C=O) groups is 2. The van der Waals surface area contributed by atoms with E-state index in [4.69, 9.17) is 9.15 Å². The second kappa shape index (κ2) is 7.99. The molecule has 0 spiro atoms. The molecule has 7 heteroatoms. The van der Waals surface area contributed by atoms with Gasteiger partial charge in [-0.15, -0.1) is 11.3 Å². The molecule has 1 amide bonds. The number of fused-ring (bicyclic) bond motifs is 1. The van der Waals surface area contributed by atoms with Gasteiger partial charge in [0.05, 0.1) is 11.8 Å². The highest BCUT2D eigenvalue weighted by Gasteiger charge is 2.21. The Balaban J connectivity index is 1.65. The maximum Gasteiger partial charge on any atom is 0.374 e. The van der Waals surface area contributed by atoms with Crippen LogP contribution >= 0.6 is 11.3 Å². The molecule has 0 radical (unpaired) electrons. The van der Waals surface area contributed by atoms with Gasteiger partial charge in [-0.3, -0.25) is 4.79 Å². The van der Waals surface area contributed by atoms with Gasteiger partial charge in [0, 0.05) is 4.88 Å². The van der Waals surface area contributed by atoms with Crippen LogP contribution in [0, 0.1) is 11.3 Å². The molecule has 130 valence electrons. The lowest BCUT2D eigenvalue weighted by molar-refractivity contribution is -0.119. The van der Waals surface area contributed by atoms with Gasteiger partial charge < -0.3 is 14.5 Å². The Labute approximate surface area is 149 Å². The first-order chi connectivity index (χ1) is 12.2. The Kier molecular flexibility index (Phi) is 5.51. The number of nitrogens with one attached hydrogen (secondary N) is 1. The molecule has 0 aliphatic heterocycles. The molecule has 0 bridgehead atoms. The molecule has 0 aromatic carbocycles. The SMILES string of the molecule is N#Cc1c(NC(=O)COC(=O)c2ccco2)sc2c1CCCCCC2. The second-order valence-corrected chi connectivity index (χ2v) is 6.94. The zero-order chi connectivity index (χ0) is 17.6. The highest BCUT2D eigenvalue weighted by atomic mass is 32.1. The molecule has 0 saturated carbocycles. The summed E-state index contributed by atoms with van der Waals surface area (Å²) in [5.74, 6) is -1.12. The Bertz CT molecular complexity index is 802. The van der Waals surface area contributed by atoms with E-state index in [0.29, 0.717) is 10.6 Å². The van der Waals surface area contributed by atoms with E-state index < -0.39 is 18.5 Å². The third kappa shape index (κ3) is 4.09. The summed E-state index contributed by atoms with van der Waals surface area (Å²) in [7, 11) is 0. The first-order valence-electron chi connectivity index (χ1n) is 8.24. The number of carbonyl (C=O) groups excluding carboxylic acids is 2. The number of ether oxygens (including phenoxy) is 1. The number of anilines is 1. The average molecular weight is 358 g/mol. The molecule has 1 N–H and O–H groups in total. The Morgan fingerprint density at radius 3 is 2.80 bits per heavy atom. The van der Waals surface area contributed by atoms with E-state index in [0.717, 1.165) is 31.2 Å². The summed E-state index contributed by atoms with van der Waals surface area (Å²) in [6.07, 6.45) is 7.71. The van der Waals surface area contributed by atoms with Gasteiger partial charge in [0.1, 0.15) is 11.1 Å². The number of rotatable bonds is 4. The van der Waals surface area contributed by atoms with Gasteiger partial charge in [-0.1, -0.05) is 12.8 Å². The van der Waals surface area contributed by atoms with Crippen molar-refractivity contribution in [1.82, 2.24) is 0 Å². The predicted molar refractivity (Wildman–Crippen MR) is 92.5 cm³/mol. The minimum atomic E-state index is -0.695. The molecule has 2 aromatic rings. The largest absolute Gasteiger partial charge is 0.457 e. The molecule has 25 heavy (non-hydrogen) atoms. The van der Waals surface area contributed by atoms with Crippen molar-refractivity contribution in [1.29, 1.82) is 5.26 Å². The van der Waals surface area contributed by atoms with Crippen molar-refractivity contribution in [3.8, 4) is 6.07 Å². The van der Waals surface area contributed by atoms with Crippen LogP contribution in [0.4, 0.5) is 5.00 Å². The predicted octanol–water partition coefficient (Wildman–Crippen LogP) is 3.67. The number of thiophene rings is 1. The van der Waals surface area contributed by atoms with Crippen LogP contribution in [0.5, 0.6) is 0 Å². The van der Waals surface area contributed by atoms with Crippen molar-refractivity contribution in [2.75, 3.05) is 11.9 Å². The quantitative estimate of drug-likeness (QED) is 0.842. The second-order valence-electron chi connectivity index (χ2n) is 5.84. The van der Waals surface area contributed by atoms with Crippen molar-refractivity contribution >= 4 is 28.2 Å². The fourth-order valence-electron chi connectivity index (χ4n) is 2.89. The van der Waals surface area contributed by atoms with Gasteiger partial charge in [0.2, 0.25) is 5.76 Å². The minimum Gasteiger partial charge on any atom is -0.457 e. The van der Waals surface area contributed by atoms with Crippen molar-refractivity contribution in [2.45, 2.75) is 38.5 Å². The van der Waals surface area contributed by atoms with E-state index in [1.807, 2.05) is 0 Å². The van der Waals surface area contributed by atoms with E-state index in [2.05, 4.69) is 11.4 Å². The maximum atomic E-state index is 12.1. The number of amides is 1. The van der Waals surface area contributed by atoms with Crippen LogP contribution in [0.2, 0.25) is 0 Å². The number of hydrogen-bond donors (Lipinski definition) is 1. The van der Waals surface area contributed by atoms with Gasteiger partial charge in [-0.05, 0) is 43.4 Å². The molecular formula is C18H18N2O4S. The maximum absolute atomic E-state index is 12.1. The van der Waals surface area contributed by atoms with Crippen LogP contribution in [0.25, 0.3) is 0 Å². The van der Waals surface area contributed by atoms with Crippen LogP contribution in [-0.4, -0.2) is 18.5 Å². The molecule has 2 heterocycles. The molecule has 2 aromatic heterocycles. The van der Waals surface area contributed by atoms with Gasteiger partial charge in [-0.25, -0.2) is 4.79 Å². The first-order valence-corrected chi connectivity index (χ1v) is 9.06. The highest BCUT2D eigenvalue weighted by molar-refractivity contribution is 7.16. The summed E-state index contributed by atoms with van der Waals surface area (Å²) in [4.78, 5) is 24.9. The third-order valence-electron chi connectivity index (χ3n) is 4.09. The monoisotopic (exact) mass is 358 g/mol. The Hall–Kier alpha value is -2.59. The van der Waals surface area contributed by atoms with Crippen molar-refractivity contribution in [2.24, 2.45) is 0 Å². The van der Waals surface area contributed by atoms with Crippen molar-refractivity contribution in [3.05, 3.63) is 40.2 Å². The number of esters is 1. The Morgan fingerprint density at radius 1 is 1.28 bits per heavy atom. The summed E-state index contributed by atoms with van der Waals surface area (Å²) in [6.45, 7) is -0.424. The number of furan rings is 1. The molecule has 1 aliphatic rings. The van der Waals surface area contributed by atoms with Gasteiger partial charge >= 0.3 is 5.97 Å². The lowest BCUT2D eigenvalue weighted by atomic mass is 9.97. The van der Waals surface area contributed by atoms with E-state index in [1.165, 1.54) is 41.4 Å². The van der Waals surface area contributed by atoms with Crippen LogP contribution in [-0.2, 0) is 22.4 Å². The number of nitrogens with zero attached hydrogens (tertiary/aromatic N) is 1. The zero-order valence-corrected chi connectivity index (χ0v) is 14.5. The van der Waals surface area contributed by atoms with Crippen LogP contribution < -0.4 is 5.32 Å². The molecule has 0 atom stereocenters. The van der Waals surface area contributed by atoms with Crippen LogP contribution in [0.3, 0.4) is 0 Å². The van der Waals surface area contributed by atoms with E-state index in [-0.39, 0.29) is 5.76 Å². The summed E-state index contributed by atoms with van der Waals surface area (Å²) in [5.41, 5.74) is 1.61. The first kappa shape index (κ1) is 17.2. The molecule has 6 nitrogen and oxygen atoms in total. The molecule has 3 rings (SSSR count). The fourth-order valence-corrected chi connectivity index (χ4v) is 4.14. The normalized spacial score (nSPS) is 13.9. The van der Waals surface area contributed by atoms with Gasteiger partial charge in [0.25, 0.3) is 5.91 Å². The molecule has 0 unspecified atom stereocenters. The summed E-state index contributed by atoms with van der Waals surface area (Å²) < 4.78 is 9.83. The van der Waals surface area contributed by atoms with Gasteiger partial charge in [-0.2, -0.15) is 5.26 Å². The van der Waals surface area contributed by atoms with Crippen LogP contribution in [0.1, 0.15) is 52.2 Å². The smallest absolute Gasteiger partial charge is 0.374 e. The van der Waals surface area contributed by atoms with Crippen molar-refractivity contribution in [3.63, 3.8) is 0 Å². The topological polar surface area (TPSA) is 92.3 Å². The van der Waals surface area contributed by atoms with Crippen molar-refractivity contribution < 1.29 is 18.7 Å².